The summed E-state index contributed by atoms with van der Waals surface area (Å²) in [5, 5.41) is 1.03. The molecule has 2 rings (SSSR count). The van der Waals surface area contributed by atoms with Gasteiger partial charge in [-0.05, 0) is 31.2 Å². The number of rotatable bonds is 2. The third-order valence-electron chi connectivity index (χ3n) is 2.21. The lowest BCUT2D eigenvalue weighted by Crippen LogP contribution is -2.08. The highest BCUT2D eigenvalue weighted by Gasteiger charge is 2.09. The lowest BCUT2D eigenvalue weighted by atomic mass is 10.1. The average Bonchev–Trinajstić information content (AvgIpc) is 2.59. The van der Waals surface area contributed by atoms with E-state index in [1.165, 1.54) is 0 Å². The zero-order valence-corrected chi connectivity index (χ0v) is 10.6. The molecule has 2 nitrogen and oxygen atoms in total. The highest BCUT2D eigenvalue weighted by molar-refractivity contribution is 9.09. The van der Waals surface area contributed by atoms with Gasteiger partial charge >= 0.3 is 0 Å². The number of thiocarbonyl (C=S) groups is 1. The first-order chi connectivity index (χ1) is 7.08. The minimum absolute atomic E-state index is 0.207. The van der Waals surface area contributed by atoms with Crippen LogP contribution < -0.4 is 5.73 Å². The number of alkyl halides is 1. The molecule has 1 aromatic carbocycles. The van der Waals surface area contributed by atoms with E-state index < -0.39 is 0 Å². The van der Waals surface area contributed by atoms with E-state index in [2.05, 4.69) is 15.9 Å². The van der Waals surface area contributed by atoms with Crippen LogP contribution in [-0.2, 0) is 0 Å². The molecule has 1 aromatic heterocycles. The van der Waals surface area contributed by atoms with E-state index in [0.29, 0.717) is 4.99 Å². The topological polar surface area (TPSA) is 39.2 Å². The van der Waals surface area contributed by atoms with Crippen molar-refractivity contribution in [1.82, 2.24) is 0 Å². The molecule has 0 aliphatic carbocycles. The summed E-state index contributed by atoms with van der Waals surface area (Å²) in [6, 6.07) is 7.70. The minimum Gasteiger partial charge on any atom is -0.460 e. The Kier molecular flexibility index (Phi) is 2.80. The van der Waals surface area contributed by atoms with Crippen molar-refractivity contribution >= 4 is 44.1 Å². The Hall–Kier alpha value is -0.870. The molecule has 78 valence electrons. The smallest absolute Gasteiger partial charge is 0.134 e. The molecule has 0 saturated carbocycles. The van der Waals surface area contributed by atoms with E-state index in [-0.39, 0.29) is 4.83 Å². The van der Waals surface area contributed by atoms with Crippen molar-refractivity contribution in [3.63, 3.8) is 0 Å². The van der Waals surface area contributed by atoms with Gasteiger partial charge in [0.15, 0.2) is 0 Å². The molecular weight excluding hydrogens is 274 g/mol. The van der Waals surface area contributed by atoms with Gasteiger partial charge in [0.25, 0.3) is 0 Å². The molecule has 0 fully saturated rings. The van der Waals surface area contributed by atoms with Gasteiger partial charge in [-0.3, -0.25) is 0 Å². The monoisotopic (exact) mass is 283 g/mol. The molecule has 2 N–H and O–H groups in total. The fourth-order valence-electron chi connectivity index (χ4n) is 1.41. The Labute approximate surface area is 102 Å². The number of benzene rings is 1. The Morgan fingerprint density at radius 1 is 1.47 bits per heavy atom. The van der Waals surface area contributed by atoms with Crippen LogP contribution in [0.1, 0.15) is 23.1 Å². The number of nitrogens with two attached hydrogens (primary N) is 1. The highest BCUT2D eigenvalue weighted by Crippen LogP contribution is 2.28. The van der Waals surface area contributed by atoms with Crippen LogP contribution in [0.4, 0.5) is 0 Å². The van der Waals surface area contributed by atoms with Gasteiger partial charge in [0.1, 0.15) is 16.3 Å². The number of furan rings is 1. The minimum atomic E-state index is 0.207. The van der Waals surface area contributed by atoms with E-state index in [1.807, 2.05) is 31.2 Å². The first-order valence-corrected chi connectivity index (χ1v) is 5.87. The molecule has 1 atom stereocenters. The van der Waals surface area contributed by atoms with Crippen LogP contribution in [0.15, 0.2) is 28.7 Å². The summed E-state index contributed by atoms with van der Waals surface area (Å²) in [4.78, 5) is 0.615. The lowest BCUT2D eigenvalue weighted by Gasteiger charge is -1.96. The molecular formula is C11H10BrNOS. The normalized spacial score (nSPS) is 12.9. The van der Waals surface area contributed by atoms with Crippen molar-refractivity contribution in [1.29, 1.82) is 0 Å². The first-order valence-electron chi connectivity index (χ1n) is 4.55. The Bertz CT molecular complexity index is 518. The van der Waals surface area contributed by atoms with Crippen molar-refractivity contribution in [2.24, 2.45) is 5.73 Å². The summed E-state index contributed by atoms with van der Waals surface area (Å²) in [6.45, 7) is 2.02. The van der Waals surface area contributed by atoms with Crippen LogP contribution in [0.3, 0.4) is 0 Å². The summed E-state index contributed by atoms with van der Waals surface area (Å²) in [5.41, 5.74) is 7.29. The third-order valence-corrected chi connectivity index (χ3v) is 2.90. The van der Waals surface area contributed by atoms with Crippen LogP contribution in [0.5, 0.6) is 0 Å². The second-order valence-electron chi connectivity index (χ2n) is 3.38. The van der Waals surface area contributed by atoms with Crippen LogP contribution >= 0.6 is 28.1 Å². The van der Waals surface area contributed by atoms with Gasteiger partial charge in [0, 0.05) is 10.9 Å². The highest BCUT2D eigenvalue weighted by atomic mass is 79.9. The Balaban J connectivity index is 2.57. The Morgan fingerprint density at radius 3 is 2.80 bits per heavy atom. The predicted octanol–water partition coefficient (Wildman–Crippen LogP) is 3.52. The summed E-state index contributed by atoms with van der Waals surface area (Å²) in [7, 11) is 0. The number of hydrogen-bond acceptors (Lipinski definition) is 2. The molecule has 0 spiro atoms. The largest absolute Gasteiger partial charge is 0.460 e. The molecule has 15 heavy (non-hydrogen) atoms. The van der Waals surface area contributed by atoms with Crippen LogP contribution in [-0.4, -0.2) is 4.99 Å². The molecule has 0 amide bonds. The molecule has 0 radical (unpaired) electrons. The Morgan fingerprint density at radius 2 is 2.20 bits per heavy atom. The standard InChI is InChI=1S/C11H10BrNOS/c1-6(12)10-5-8-4-7(11(13)15)2-3-9(8)14-10/h2-6H,1H3,(H2,13,15). The van der Waals surface area contributed by atoms with Crippen molar-refractivity contribution in [2.75, 3.05) is 0 Å². The van der Waals surface area contributed by atoms with E-state index in [4.69, 9.17) is 22.4 Å². The maximum absolute atomic E-state index is 5.63. The summed E-state index contributed by atoms with van der Waals surface area (Å²) < 4.78 is 5.63. The predicted molar refractivity (Wildman–Crippen MR) is 69.4 cm³/mol. The fraction of sp³-hybridized carbons (Fsp3) is 0.182. The zero-order valence-electron chi connectivity index (χ0n) is 8.16. The molecule has 0 bridgehead atoms. The van der Waals surface area contributed by atoms with E-state index in [9.17, 15) is 0 Å². The molecule has 0 saturated heterocycles. The molecule has 4 heteroatoms. The van der Waals surface area contributed by atoms with E-state index in [0.717, 1.165) is 22.3 Å². The lowest BCUT2D eigenvalue weighted by molar-refractivity contribution is 0.555. The van der Waals surface area contributed by atoms with Crippen molar-refractivity contribution in [2.45, 2.75) is 11.8 Å². The molecule has 0 aliphatic heterocycles. The van der Waals surface area contributed by atoms with Crippen molar-refractivity contribution in [3.05, 3.63) is 35.6 Å². The van der Waals surface area contributed by atoms with E-state index in [1.54, 1.807) is 0 Å². The van der Waals surface area contributed by atoms with Gasteiger partial charge in [-0.25, -0.2) is 0 Å². The second-order valence-corrected chi connectivity index (χ2v) is 5.19. The third kappa shape index (κ3) is 2.06. The summed E-state index contributed by atoms with van der Waals surface area (Å²) in [5.74, 6) is 0.907. The average molecular weight is 284 g/mol. The molecule has 1 heterocycles. The summed E-state index contributed by atoms with van der Waals surface area (Å²) in [6.07, 6.45) is 0. The van der Waals surface area contributed by atoms with Crippen molar-refractivity contribution in [3.8, 4) is 0 Å². The fourth-order valence-corrected chi connectivity index (χ4v) is 1.77. The van der Waals surface area contributed by atoms with Crippen LogP contribution in [0, 0.1) is 0 Å². The van der Waals surface area contributed by atoms with Crippen LogP contribution in [0.2, 0.25) is 0 Å². The second kappa shape index (κ2) is 3.94. The zero-order chi connectivity index (χ0) is 11.0. The molecule has 2 aromatic rings. The van der Waals surface area contributed by atoms with Gasteiger partial charge < -0.3 is 10.2 Å². The van der Waals surface area contributed by atoms with Gasteiger partial charge in [-0.2, -0.15) is 0 Å². The number of halogens is 1. The quantitative estimate of drug-likeness (QED) is 0.677. The first kappa shape index (κ1) is 10.6. The van der Waals surface area contributed by atoms with Gasteiger partial charge in [-0.1, -0.05) is 28.1 Å². The van der Waals surface area contributed by atoms with Crippen LogP contribution in [0.25, 0.3) is 11.0 Å². The SMILES string of the molecule is CC(Br)c1cc2cc(C(N)=S)ccc2o1. The van der Waals surface area contributed by atoms with Gasteiger partial charge in [-0.15, -0.1) is 0 Å². The van der Waals surface area contributed by atoms with E-state index >= 15 is 0 Å². The number of hydrogen-bond donors (Lipinski definition) is 1. The summed E-state index contributed by atoms with van der Waals surface area (Å²) >= 11 is 8.39. The maximum atomic E-state index is 5.63. The number of fused-ring (bicyclic) bond motifs is 1. The van der Waals surface area contributed by atoms with Crippen molar-refractivity contribution < 1.29 is 4.42 Å². The van der Waals surface area contributed by atoms with Gasteiger partial charge in [0.2, 0.25) is 0 Å². The maximum Gasteiger partial charge on any atom is 0.134 e. The van der Waals surface area contributed by atoms with Gasteiger partial charge in [0.05, 0.1) is 4.83 Å². The molecule has 0 aliphatic rings. The molecule has 1 unspecified atom stereocenters.